The Kier molecular flexibility index (Phi) is 3.22. The van der Waals surface area contributed by atoms with Gasteiger partial charge < -0.3 is 5.73 Å². The van der Waals surface area contributed by atoms with E-state index in [9.17, 15) is 4.39 Å². The molecule has 0 aliphatic carbocycles. The van der Waals surface area contributed by atoms with Crippen LogP contribution in [0.2, 0.25) is 0 Å². The molecule has 12 heavy (non-hydrogen) atoms. The zero-order valence-corrected chi connectivity index (χ0v) is 7.20. The molecular weight excluding hydrogens is 157 g/mol. The number of nitrogens with two attached hydrogens (primary N) is 1. The second-order valence-corrected chi connectivity index (χ2v) is 2.64. The Morgan fingerprint density at radius 1 is 1.75 bits per heavy atom. The van der Waals surface area contributed by atoms with Gasteiger partial charge in [-0.2, -0.15) is 5.10 Å². The van der Waals surface area contributed by atoms with Crippen LogP contribution >= 0.6 is 0 Å². The molecule has 0 saturated heterocycles. The van der Waals surface area contributed by atoms with Gasteiger partial charge in [0, 0.05) is 12.7 Å². The van der Waals surface area contributed by atoms with Crippen LogP contribution in [0, 0.1) is 0 Å². The molecule has 4 heteroatoms. The molecule has 2 N–H and O–H groups in total. The van der Waals surface area contributed by atoms with Gasteiger partial charge in [0.2, 0.25) is 0 Å². The lowest BCUT2D eigenvalue weighted by molar-refractivity contribution is 0.317. The largest absolute Gasteiger partial charge is 0.330 e. The van der Waals surface area contributed by atoms with Gasteiger partial charge in [0.05, 0.1) is 5.69 Å². The van der Waals surface area contributed by atoms with Crippen molar-refractivity contribution in [2.45, 2.75) is 26.1 Å². The maximum atomic E-state index is 13.1. The van der Waals surface area contributed by atoms with Gasteiger partial charge in [-0.25, -0.2) is 4.39 Å². The zero-order chi connectivity index (χ0) is 8.97. The van der Waals surface area contributed by atoms with Crippen LogP contribution < -0.4 is 5.73 Å². The minimum absolute atomic E-state index is 0.348. The highest BCUT2D eigenvalue weighted by Gasteiger charge is 2.10. The highest BCUT2D eigenvalue weighted by Crippen LogP contribution is 2.17. The molecule has 1 rings (SSSR count). The second kappa shape index (κ2) is 4.21. The Labute approximate surface area is 71.4 Å². The van der Waals surface area contributed by atoms with Crippen molar-refractivity contribution in [3.05, 3.63) is 18.0 Å². The van der Waals surface area contributed by atoms with Gasteiger partial charge in [-0.1, -0.05) is 0 Å². The third-order valence-electron chi connectivity index (χ3n) is 1.73. The van der Waals surface area contributed by atoms with Crippen molar-refractivity contribution in [3.8, 4) is 0 Å². The first-order chi connectivity index (χ1) is 5.77. The molecule has 0 aromatic carbocycles. The standard InChI is InChI=1S/C8H14FN3/c1-2-12-6-4-8(11-12)7(9)3-5-10/h4,6-7H,2-3,5,10H2,1H3. The zero-order valence-electron chi connectivity index (χ0n) is 7.20. The average Bonchev–Trinajstić information content (AvgIpc) is 2.52. The van der Waals surface area contributed by atoms with Gasteiger partial charge in [0.1, 0.15) is 6.17 Å². The molecular formula is C8H14FN3. The lowest BCUT2D eigenvalue weighted by Crippen LogP contribution is -2.05. The van der Waals surface area contributed by atoms with Crippen LogP contribution in [0.5, 0.6) is 0 Å². The number of alkyl halides is 1. The highest BCUT2D eigenvalue weighted by atomic mass is 19.1. The third-order valence-corrected chi connectivity index (χ3v) is 1.73. The summed E-state index contributed by atoms with van der Waals surface area (Å²) in [6, 6.07) is 1.70. The van der Waals surface area contributed by atoms with Crippen molar-refractivity contribution in [2.75, 3.05) is 6.54 Å². The minimum atomic E-state index is -1.01. The number of hydrogen-bond donors (Lipinski definition) is 1. The van der Waals surface area contributed by atoms with Crippen LogP contribution in [0.3, 0.4) is 0 Å². The summed E-state index contributed by atoms with van der Waals surface area (Å²) in [6.45, 7) is 3.10. The fraction of sp³-hybridized carbons (Fsp3) is 0.625. The van der Waals surface area contributed by atoms with Crippen molar-refractivity contribution in [3.63, 3.8) is 0 Å². The normalized spacial score (nSPS) is 13.2. The van der Waals surface area contributed by atoms with E-state index in [1.807, 2.05) is 6.92 Å². The van der Waals surface area contributed by atoms with Gasteiger partial charge in [-0.05, 0) is 26.0 Å². The predicted molar refractivity (Wildman–Crippen MR) is 45.4 cm³/mol. The topological polar surface area (TPSA) is 43.8 Å². The molecule has 1 unspecified atom stereocenters. The molecule has 0 aliphatic rings. The van der Waals surface area contributed by atoms with Gasteiger partial charge in [0.25, 0.3) is 0 Å². The van der Waals surface area contributed by atoms with E-state index in [0.717, 1.165) is 6.54 Å². The summed E-state index contributed by atoms with van der Waals surface area (Å²) in [7, 11) is 0. The molecule has 3 nitrogen and oxygen atoms in total. The first-order valence-corrected chi connectivity index (χ1v) is 4.15. The fourth-order valence-electron chi connectivity index (χ4n) is 1.01. The summed E-state index contributed by atoms with van der Waals surface area (Å²) in [5.41, 5.74) is 5.72. The average molecular weight is 171 g/mol. The molecule has 0 spiro atoms. The monoisotopic (exact) mass is 171 g/mol. The summed E-state index contributed by atoms with van der Waals surface area (Å²) in [4.78, 5) is 0. The van der Waals surface area contributed by atoms with Gasteiger partial charge in [0.15, 0.2) is 0 Å². The number of aryl methyl sites for hydroxylation is 1. The fourth-order valence-corrected chi connectivity index (χ4v) is 1.01. The summed E-state index contributed by atoms with van der Waals surface area (Å²) < 4.78 is 14.8. The summed E-state index contributed by atoms with van der Waals surface area (Å²) in [5, 5.41) is 4.03. The quantitative estimate of drug-likeness (QED) is 0.741. The third kappa shape index (κ3) is 2.04. The van der Waals surface area contributed by atoms with E-state index in [1.54, 1.807) is 16.9 Å². The Hall–Kier alpha value is -0.900. The van der Waals surface area contributed by atoms with E-state index < -0.39 is 6.17 Å². The highest BCUT2D eigenvalue weighted by molar-refractivity contribution is 5.02. The molecule has 0 saturated carbocycles. The lowest BCUT2D eigenvalue weighted by Gasteiger charge is -2.01. The maximum absolute atomic E-state index is 13.1. The molecule has 0 amide bonds. The Bertz CT molecular complexity index is 234. The molecule has 1 atom stereocenters. The molecule has 0 aliphatic heterocycles. The van der Waals surface area contributed by atoms with Crippen molar-refractivity contribution >= 4 is 0 Å². The van der Waals surface area contributed by atoms with E-state index in [4.69, 9.17) is 5.73 Å². The van der Waals surface area contributed by atoms with Gasteiger partial charge in [-0.15, -0.1) is 0 Å². The van der Waals surface area contributed by atoms with Crippen molar-refractivity contribution in [1.82, 2.24) is 9.78 Å². The number of rotatable bonds is 4. The van der Waals surface area contributed by atoms with Crippen LogP contribution in [0.15, 0.2) is 12.3 Å². The van der Waals surface area contributed by atoms with E-state index in [-0.39, 0.29) is 0 Å². The van der Waals surface area contributed by atoms with E-state index in [0.29, 0.717) is 18.7 Å². The lowest BCUT2D eigenvalue weighted by atomic mass is 10.2. The van der Waals surface area contributed by atoms with E-state index >= 15 is 0 Å². The van der Waals surface area contributed by atoms with E-state index in [1.165, 1.54) is 0 Å². The molecule has 1 aromatic rings. The first-order valence-electron chi connectivity index (χ1n) is 4.15. The smallest absolute Gasteiger partial charge is 0.145 e. The number of aromatic nitrogens is 2. The second-order valence-electron chi connectivity index (χ2n) is 2.64. The molecule has 68 valence electrons. The molecule has 0 bridgehead atoms. The Balaban J connectivity index is 2.61. The Morgan fingerprint density at radius 3 is 3.00 bits per heavy atom. The summed E-state index contributed by atoms with van der Waals surface area (Å²) in [5.74, 6) is 0. The summed E-state index contributed by atoms with van der Waals surface area (Å²) >= 11 is 0. The number of nitrogens with zero attached hydrogens (tertiary/aromatic N) is 2. The van der Waals surface area contributed by atoms with Gasteiger partial charge in [-0.3, -0.25) is 4.68 Å². The number of halogens is 1. The first kappa shape index (κ1) is 9.19. The predicted octanol–water partition coefficient (Wildman–Crippen LogP) is 1.26. The SMILES string of the molecule is CCn1ccc(C(F)CCN)n1. The van der Waals surface area contributed by atoms with Crippen molar-refractivity contribution in [2.24, 2.45) is 5.73 Å². The summed E-state index contributed by atoms with van der Waals surface area (Å²) in [6.07, 6.45) is 1.11. The van der Waals surface area contributed by atoms with Crippen LogP contribution in [0.1, 0.15) is 25.2 Å². The minimum Gasteiger partial charge on any atom is -0.330 e. The molecule has 1 aromatic heterocycles. The van der Waals surface area contributed by atoms with Crippen LogP contribution in [-0.4, -0.2) is 16.3 Å². The van der Waals surface area contributed by atoms with Crippen LogP contribution in [0.25, 0.3) is 0 Å². The molecule has 0 fully saturated rings. The van der Waals surface area contributed by atoms with Crippen LogP contribution in [0.4, 0.5) is 4.39 Å². The van der Waals surface area contributed by atoms with Crippen molar-refractivity contribution < 1.29 is 4.39 Å². The van der Waals surface area contributed by atoms with Crippen molar-refractivity contribution in [1.29, 1.82) is 0 Å². The maximum Gasteiger partial charge on any atom is 0.145 e. The molecule has 0 radical (unpaired) electrons. The molecule has 1 heterocycles. The van der Waals surface area contributed by atoms with Gasteiger partial charge >= 0.3 is 0 Å². The Morgan fingerprint density at radius 2 is 2.50 bits per heavy atom. The van der Waals surface area contributed by atoms with E-state index in [2.05, 4.69) is 5.10 Å². The number of hydrogen-bond acceptors (Lipinski definition) is 2. The van der Waals surface area contributed by atoms with Crippen LogP contribution in [-0.2, 0) is 6.54 Å².